The van der Waals surface area contributed by atoms with Gasteiger partial charge in [-0.2, -0.15) is 0 Å². The Kier molecular flexibility index (Phi) is 6.65. The van der Waals surface area contributed by atoms with Gasteiger partial charge in [0.25, 0.3) is 0 Å². The molecule has 18 heavy (non-hydrogen) atoms. The fourth-order valence-electron chi connectivity index (χ4n) is 1.50. The third kappa shape index (κ3) is 5.96. The van der Waals surface area contributed by atoms with Gasteiger partial charge < -0.3 is 10.1 Å². The monoisotopic (exact) mass is 267 g/mol. The van der Waals surface area contributed by atoms with Gasteiger partial charge in [0.1, 0.15) is 0 Å². The largest absolute Gasteiger partial charge is 0.450 e. The molecule has 3 nitrogen and oxygen atoms in total. The summed E-state index contributed by atoms with van der Waals surface area (Å²) in [6, 6.07) is 8.48. The minimum absolute atomic E-state index is 0.343. The number of rotatable bonds is 6. The summed E-state index contributed by atoms with van der Waals surface area (Å²) in [7, 11) is 0. The van der Waals surface area contributed by atoms with Crippen molar-refractivity contribution in [3.63, 3.8) is 0 Å². The van der Waals surface area contributed by atoms with E-state index < -0.39 is 0 Å². The molecule has 4 heteroatoms. The van der Waals surface area contributed by atoms with E-state index in [0.717, 1.165) is 6.42 Å². The van der Waals surface area contributed by atoms with Gasteiger partial charge in [0.2, 0.25) is 0 Å². The fraction of sp³-hybridized carbons (Fsp3) is 0.500. The van der Waals surface area contributed by atoms with Gasteiger partial charge in [-0.3, -0.25) is 0 Å². The van der Waals surface area contributed by atoms with Crippen LogP contribution in [0.1, 0.15) is 26.3 Å². The van der Waals surface area contributed by atoms with E-state index >= 15 is 0 Å². The number of hydrogen-bond acceptors (Lipinski definition) is 3. The highest BCUT2D eigenvalue weighted by Gasteiger charge is 2.01. The maximum Gasteiger partial charge on any atom is 0.407 e. The predicted molar refractivity (Wildman–Crippen MR) is 76.2 cm³/mol. The fourth-order valence-corrected chi connectivity index (χ4v) is 2.34. The lowest BCUT2D eigenvalue weighted by Crippen LogP contribution is -2.26. The first-order chi connectivity index (χ1) is 8.61. The van der Waals surface area contributed by atoms with Crippen LogP contribution in [-0.4, -0.2) is 24.5 Å². The maximum absolute atomic E-state index is 11.1. The van der Waals surface area contributed by atoms with E-state index in [4.69, 9.17) is 4.74 Å². The molecule has 0 heterocycles. The summed E-state index contributed by atoms with van der Waals surface area (Å²) in [5, 5.41) is 3.31. The second kappa shape index (κ2) is 8.03. The number of hydrogen-bond donors (Lipinski definition) is 1. The van der Waals surface area contributed by atoms with Gasteiger partial charge in [0.05, 0.1) is 6.61 Å². The zero-order chi connectivity index (χ0) is 13.4. The summed E-state index contributed by atoms with van der Waals surface area (Å²) in [5.74, 6) is 0. The standard InChI is InChI=1S/C14H21NO2S/c1-4-17-14(16)15-10-9-12-5-7-13(8-6-12)18-11(2)3/h5-8,11H,4,9-10H2,1-3H3,(H,15,16). The summed E-state index contributed by atoms with van der Waals surface area (Å²) in [6.45, 7) is 7.18. The lowest BCUT2D eigenvalue weighted by Gasteiger charge is -2.07. The molecular formula is C14H21NO2S. The summed E-state index contributed by atoms with van der Waals surface area (Å²) in [6.07, 6.45) is 0.482. The number of alkyl carbamates (subject to hydrolysis) is 1. The molecule has 0 saturated heterocycles. The van der Waals surface area contributed by atoms with Crippen LogP contribution in [0.3, 0.4) is 0 Å². The average molecular weight is 267 g/mol. The van der Waals surface area contributed by atoms with E-state index in [1.165, 1.54) is 10.5 Å². The van der Waals surface area contributed by atoms with E-state index in [1.54, 1.807) is 6.92 Å². The molecule has 0 aromatic heterocycles. The van der Waals surface area contributed by atoms with Gasteiger partial charge in [0, 0.05) is 16.7 Å². The van der Waals surface area contributed by atoms with Gasteiger partial charge in [-0.05, 0) is 31.0 Å². The van der Waals surface area contributed by atoms with Crippen LogP contribution in [0.25, 0.3) is 0 Å². The molecule has 1 aromatic carbocycles. The molecule has 0 saturated carbocycles. The zero-order valence-electron chi connectivity index (χ0n) is 11.2. The number of ether oxygens (including phenoxy) is 1. The number of thioether (sulfide) groups is 1. The van der Waals surface area contributed by atoms with Crippen LogP contribution in [0.5, 0.6) is 0 Å². The molecule has 0 aliphatic carbocycles. The molecule has 1 amide bonds. The molecule has 0 aliphatic rings. The Balaban J connectivity index is 2.33. The molecule has 1 N–H and O–H groups in total. The van der Waals surface area contributed by atoms with Crippen molar-refractivity contribution in [1.29, 1.82) is 0 Å². The highest BCUT2D eigenvalue weighted by molar-refractivity contribution is 7.99. The average Bonchev–Trinajstić information content (AvgIpc) is 2.31. The number of carbonyl (C=O) groups is 1. The smallest absolute Gasteiger partial charge is 0.407 e. The Morgan fingerprint density at radius 1 is 1.33 bits per heavy atom. The second-order valence-electron chi connectivity index (χ2n) is 4.21. The van der Waals surface area contributed by atoms with Gasteiger partial charge in [0.15, 0.2) is 0 Å². The lowest BCUT2D eigenvalue weighted by molar-refractivity contribution is 0.152. The van der Waals surface area contributed by atoms with Gasteiger partial charge in [-0.15, -0.1) is 11.8 Å². The summed E-state index contributed by atoms with van der Waals surface area (Å²) >= 11 is 1.85. The Labute approximate surface area is 113 Å². The number of carbonyl (C=O) groups excluding carboxylic acids is 1. The van der Waals surface area contributed by atoms with Crippen LogP contribution in [0.15, 0.2) is 29.2 Å². The first kappa shape index (κ1) is 14.9. The first-order valence-electron chi connectivity index (χ1n) is 6.28. The first-order valence-corrected chi connectivity index (χ1v) is 7.16. The summed E-state index contributed by atoms with van der Waals surface area (Å²) in [5.41, 5.74) is 1.22. The van der Waals surface area contributed by atoms with Crippen LogP contribution in [0.2, 0.25) is 0 Å². The van der Waals surface area contributed by atoms with Crippen molar-refractivity contribution in [1.82, 2.24) is 5.32 Å². The summed E-state index contributed by atoms with van der Waals surface area (Å²) < 4.78 is 4.79. The molecule has 0 spiro atoms. The van der Waals surface area contributed by atoms with Gasteiger partial charge >= 0.3 is 6.09 Å². The van der Waals surface area contributed by atoms with E-state index in [0.29, 0.717) is 18.4 Å². The molecule has 0 aliphatic heterocycles. The molecule has 1 rings (SSSR count). The minimum atomic E-state index is -0.343. The number of benzene rings is 1. The normalized spacial score (nSPS) is 10.4. The molecule has 0 unspecified atom stereocenters. The number of amides is 1. The van der Waals surface area contributed by atoms with Crippen LogP contribution in [-0.2, 0) is 11.2 Å². The van der Waals surface area contributed by atoms with Crippen molar-refractivity contribution in [2.45, 2.75) is 37.3 Å². The molecule has 100 valence electrons. The van der Waals surface area contributed by atoms with Gasteiger partial charge in [-0.25, -0.2) is 4.79 Å². The van der Waals surface area contributed by atoms with Crippen molar-refractivity contribution in [2.24, 2.45) is 0 Å². The van der Waals surface area contributed by atoms with Crippen LogP contribution in [0.4, 0.5) is 4.79 Å². The topological polar surface area (TPSA) is 38.3 Å². The van der Waals surface area contributed by atoms with E-state index in [9.17, 15) is 4.79 Å². The number of nitrogens with one attached hydrogen (secondary N) is 1. The van der Waals surface area contributed by atoms with Crippen LogP contribution in [0, 0.1) is 0 Å². The lowest BCUT2D eigenvalue weighted by atomic mass is 10.1. The molecular weight excluding hydrogens is 246 g/mol. The molecule has 0 radical (unpaired) electrons. The van der Waals surface area contributed by atoms with Gasteiger partial charge in [-0.1, -0.05) is 26.0 Å². The molecule has 0 bridgehead atoms. The Morgan fingerprint density at radius 2 is 2.00 bits per heavy atom. The second-order valence-corrected chi connectivity index (χ2v) is 5.86. The zero-order valence-corrected chi connectivity index (χ0v) is 12.0. The highest BCUT2D eigenvalue weighted by atomic mass is 32.2. The molecule has 1 aromatic rings. The third-order valence-corrected chi connectivity index (χ3v) is 3.27. The minimum Gasteiger partial charge on any atom is -0.450 e. The summed E-state index contributed by atoms with van der Waals surface area (Å²) in [4.78, 5) is 12.4. The Bertz CT molecular complexity index is 363. The van der Waals surface area contributed by atoms with Crippen LogP contribution < -0.4 is 5.32 Å². The van der Waals surface area contributed by atoms with E-state index in [-0.39, 0.29) is 6.09 Å². The quantitative estimate of drug-likeness (QED) is 0.802. The SMILES string of the molecule is CCOC(=O)NCCc1ccc(SC(C)C)cc1. The molecule has 0 fully saturated rings. The highest BCUT2D eigenvalue weighted by Crippen LogP contribution is 2.22. The van der Waals surface area contributed by atoms with Crippen molar-refractivity contribution in [2.75, 3.05) is 13.2 Å². The predicted octanol–water partition coefficient (Wildman–Crippen LogP) is 3.48. The van der Waals surface area contributed by atoms with Crippen molar-refractivity contribution in [3.05, 3.63) is 29.8 Å². The Hall–Kier alpha value is -1.16. The van der Waals surface area contributed by atoms with Crippen molar-refractivity contribution >= 4 is 17.9 Å². The van der Waals surface area contributed by atoms with E-state index in [1.807, 2.05) is 11.8 Å². The van der Waals surface area contributed by atoms with E-state index in [2.05, 4.69) is 43.4 Å². The third-order valence-electron chi connectivity index (χ3n) is 2.25. The van der Waals surface area contributed by atoms with Crippen molar-refractivity contribution in [3.8, 4) is 0 Å². The Morgan fingerprint density at radius 3 is 2.56 bits per heavy atom. The van der Waals surface area contributed by atoms with Crippen LogP contribution >= 0.6 is 11.8 Å². The molecule has 0 atom stereocenters. The van der Waals surface area contributed by atoms with Crippen molar-refractivity contribution < 1.29 is 9.53 Å². The maximum atomic E-state index is 11.1.